The Balaban J connectivity index is 1.35. The Morgan fingerprint density at radius 2 is 2.04 bits per heavy atom. The lowest BCUT2D eigenvalue weighted by Crippen LogP contribution is -2.36. The molecule has 28 heavy (non-hydrogen) atoms. The second-order valence-electron chi connectivity index (χ2n) is 8.17. The Hall–Kier alpha value is -2.34. The normalized spacial score (nSPS) is 21.5. The van der Waals surface area contributed by atoms with Gasteiger partial charge in [0.2, 0.25) is 5.76 Å². The van der Waals surface area contributed by atoms with E-state index in [1.807, 2.05) is 24.3 Å². The number of likely N-dealkylation sites (tertiary alicyclic amines) is 1. The lowest BCUT2D eigenvalue weighted by molar-refractivity contribution is 0.0890. The number of nitrogens with zero attached hydrogens (tertiary/aromatic N) is 2. The maximum atomic E-state index is 12.5. The van der Waals surface area contributed by atoms with Crippen molar-refractivity contribution in [3.05, 3.63) is 47.3 Å². The zero-order chi connectivity index (χ0) is 19.3. The Morgan fingerprint density at radius 1 is 1.18 bits per heavy atom. The number of carbonyl (C=O) groups excluding carboxylic acids is 1. The van der Waals surface area contributed by atoms with Gasteiger partial charge in [-0.25, -0.2) is 0 Å². The number of aromatic nitrogens is 1. The van der Waals surface area contributed by atoms with Crippen LogP contribution in [0.5, 0.6) is 5.75 Å². The highest BCUT2D eigenvalue weighted by atomic mass is 16.5. The minimum absolute atomic E-state index is 0.141. The Bertz CT molecular complexity index is 798. The quantitative estimate of drug-likeness (QED) is 0.821. The van der Waals surface area contributed by atoms with Crippen molar-refractivity contribution < 1.29 is 14.4 Å². The molecule has 1 aromatic carbocycles. The third-order valence-corrected chi connectivity index (χ3v) is 5.93. The fraction of sp³-hybridized carbons (Fsp3) is 0.545. The van der Waals surface area contributed by atoms with E-state index < -0.39 is 0 Å². The van der Waals surface area contributed by atoms with Crippen molar-refractivity contribution in [2.24, 2.45) is 0 Å². The van der Waals surface area contributed by atoms with E-state index in [-0.39, 0.29) is 17.9 Å². The molecule has 0 radical (unpaired) electrons. The van der Waals surface area contributed by atoms with Crippen LogP contribution in [0, 0.1) is 0 Å². The van der Waals surface area contributed by atoms with Crippen molar-refractivity contribution in [1.82, 2.24) is 15.4 Å². The van der Waals surface area contributed by atoms with E-state index in [0.29, 0.717) is 11.5 Å². The van der Waals surface area contributed by atoms with E-state index in [0.717, 1.165) is 56.6 Å². The number of nitrogens with one attached hydrogen (secondary N) is 1. The van der Waals surface area contributed by atoms with Gasteiger partial charge < -0.3 is 14.9 Å². The number of hydrogen-bond acceptors (Lipinski definition) is 5. The van der Waals surface area contributed by atoms with Crippen LogP contribution in [0.1, 0.15) is 72.7 Å². The Morgan fingerprint density at radius 3 is 2.86 bits per heavy atom. The highest BCUT2D eigenvalue weighted by Gasteiger charge is 2.26. The molecule has 2 heterocycles. The number of phenols is 1. The van der Waals surface area contributed by atoms with Crippen molar-refractivity contribution in [2.75, 3.05) is 13.1 Å². The first-order valence-electron chi connectivity index (χ1n) is 10.4. The molecular formula is C22H29N3O3. The maximum absolute atomic E-state index is 12.5. The molecule has 4 rings (SSSR count). The van der Waals surface area contributed by atoms with E-state index in [1.165, 1.54) is 19.3 Å². The maximum Gasteiger partial charge on any atom is 0.290 e. The topological polar surface area (TPSA) is 78.6 Å². The van der Waals surface area contributed by atoms with Crippen molar-refractivity contribution in [2.45, 2.75) is 63.5 Å². The molecule has 2 aliphatic rings. The fourth-order valence-electron chi connectivity index (χ4n) is 4.45. The minimum atomic E-state index is -0.141. The van der Waals surface area contributed by atoms with E-state index in [2.05, 4.69) is 15.4 Å². The number of aromatic hydroxyl groups is 1. The number of hydrogen-bond donors (Lipinski definition) is 2. The summed E-state index contributed by atoms with van der Waals surface area (Å²) in [7, 11) is 0. The van der Waals surface area contributed by atoms with E-state index in [9.17, 15) is 9.90 Å². The van der Waals surface area contributed by atoms with Crippen molar-refractivity contribution in [1.29, 1.82) is 0 Å². The van der Waals surface area contributed by atoms with Crippen molar-refractivity contribution in [3.8, 4) is 5.75 Å². The largest absolute Gasteiger partial charge is 0.508 e. The molecule has 2 fully saturated rings. The second kappa shape index (κ2) is 8.78. The van der Waals surface area contributed by atoms with Gasteiger partial charge in [-0.15, -0.1) is 0 Å². The van der Waals surface area contributed by atoms with Crippen molar-refractivity contribution in [3.63, 3.8) is 0 Å². The second-order valence-corrected chi connectivity index (χ2v) is 8.17. The van der Waals surface area contributed by atoms with Crippen LogP contribution in [-0.4, -0.2) is 40.2 Å². The highest BCUT2D eigenvalue weighted by Crippen LogP contribution is 2.28. The summed E-state index contributed by atoms with van der Waals surface area (Å²) in [5.74, 6) is 0.756. The monoisotopic (exact) mass is 383 g/mol. The Kier molecular flexibility index (Phi) is 5.95. The van der Waals surface area contributed by atoms with Gasteiger partial charge in [0, 0.05) is 31.1 Å². The molecule has 1 aliphatic heterocycles. The number of piperidine rings is 1. The molecule has 1 aliphatic carbocycles. The molecule has 2 aromatic rings. The number of amides is 1. The highest BCUT2D eigenvalue weighted by molar-refractivity contribution is 5.91. The first kappa shape index (κ1) is 19.0. The van der Waals surface area contributed by atoms with Crippen LogP contribution in [-0.2, 0) is 6.54 Å². The summed E-state index contributed by atoms with van der Waals surface area (Å²) < 4.78 is 5.38. The van der Waals surface area contributed by atoms with Gasteiger partial charge in [0.05, 0.1) is 5.69 Å². The summed E-state index contributed by atoms with van der Waals surface area (Å²) in [6.45, 7) is 2.71. The van der Waals surface area contributed by atoms with Gasteiger partial charge in [-0.1, -0.05) is 36.6 Å². The molecule has 1 atom stereocenters. The van der Waals surface area contributed by atoms with Crippen LogP contribution in [0.2, 0.25) is 0 Å². The van der Waals surface area contributed by atoms with Gasteiger partial charge in [-0.05, 0) is 49.9 Å². The molecule has 6 heteroatoms. The zero-order valence-corrected chi connectivity index (χ0v) is 16.3. The predicted molar refractivity (Wildman–Crippen MR) is 106 cm³/mol. The molecule has 0 unspecified atom stereocenters. The molecule has 6 nitrogen and oxygen atoms in total. The van der Waals surface area contributed by atoms with Crippen LogP contribution in [0.4, 0.5) is 0 Å². The first-order valence-corrected chi connectivity index (χ1v) is 10.4. The van der Waals surface area contributed by atoms with Gasteiger partial charge in [0.25, 0.3) is 5.91 Å². The van der Waals surface area contributed by atoms with Crippen LogP contribution < -0.4 is 5.32 Å². The summed E-state index contributed by atoms with van der Waals surface area (Å²) in [4.78, 5) is 14.8. The lowest BCUT2D eigenvalue weighted by Gasteiger charge is -2.31. The summed E-state index contributed by atoms with van der Waals surface area (Å²) in [6, 6.07) is 9.50. The number of phenolic OH excluding ortho intramolecular Hbond substituents is 1. The predicted octanol–water partition coefficient (Wildman–Crippen LogP) is 3.82. The molecule has 150 valence electrons. The average Bonchev–Trinajstić information content (AvgIpc) is 3.20. The summed E-state index contributed by atoms with van der Waals surface area (Å²) in [6.07, 6.45) is 7.87. The molecular weight excluding hydrogens is 354 g/mol. The fourth-order valence-corrected chi connectivity index (χ4v) is 4.45. The summed E-state index contributed by atoms with van der Waals surface area (Å²) in [5, 5.41) is 17.0. The third kappa shape index (κ3) is 4.73. The van der Waals surface area contributed by atoms with Gasteiger partial charge in [-0.2, -0.15) is 0 Å². The van der Waals surface area contributed by atoms with Gasteiger partial charge in [-0.3, -0.25) is 9.69 Å². The third-order valence-electron chi connectivity index (χ3n) is 5.93. The Labute approximate surface area is 165 Å². The lowest BCUT2D eigenvalue weighted by atomic mass is 9.94. The minimum Gasteiger partial charge on any atom is -0.508 e. The molecule has 1 saturated carbocycles. The smallest absolute Gasteiger partial charge is 0.290 e. The standard InChI is InChI=1S/C22H29N3O3/c26-19-10-4-6-16(12-19)14-25-11-5-7-17(15-25)20-13-21(28-24-20)22(27)23-18-8-2-1-3-9-18/h4,6,10,12-13,17-18,26H,1-3,5,7-9,11,14-15H2,(H,23,27)/t17-/m1/s1. The summed E-state index contributed by atoms with van der Waals surface area (Å²) >= 11 is 0. The molecule has 2 N–H and O–H groups in total. The first-order chi connectivity index (χ1) is 13.7. The number of rotatable bonds is 5. The van der Waals surface area contributed by atoms with Crippen LogP contribution in [0.15, 0.2) is 34.9 Å². The van der Waals surface area contributed by atoms with Crippen LogP contribution in [0.3, 0.4) is 0 Å². The van der Waals surface area contributed by atoms with Gasteiger partial charge in [0.1, 0.15) is 5.75 Å². The molecule has 1 saturated heterocycles. The van der Waals surface area contributed by atoms with Gasteiger partial charge in [0.15, 0.2) is 0 Å². The SMILES string of the molecule is O=C(NC1CCCCC1)c1cc([C@@H]2CCCN(Cc3cccc(O)c3)C2)no1. The van der Waals surface area contributed by atoms with E-state index >= 15 is 0 Å². The zero-order valence-electron chi connectivity index (χ0n) is 16.3. The molecule has 0 spiro atoms. The molecule has 0 bridgehead atoms. The van der Waals surface area contributed by atoms with Crippen LogP contribution >= 0.6 is 0 Å². The number of benzene rings is 1. The average molecular weight is 383 g/mol. The van der Waals surface area contributed by atoms with Crippen LogP contribution in [0.25, 0.3) is 0 Å². The molecule has 1 amide bonds. The van der Waals surface area contributed by atoms with E-state index in [4.69, 9.17) is 4.52 Å². The molecule has 1 aromatic heterocycles. The van der Waals surface area contributed by atoms with E-state index in [1.54, 1.807) is 6.07 Å². The summed E-state index contributed by atoms with van der Waals surface area (Å²) in [5.41, 5.74) is 1.97. The number of carbonyl (C=O) groups is 1. The van der Waals surface area contributed by atoms with Crippen molar-refractivity contribution >= 4 is 5.91 Å². The van der Waals surface area contributed by atoms with Gasteiger partial charge >= 0.3 is 0 Å².